The van der Waals surface area contributed by atoms with Crippen LogP contribution < -0.4 is 11.5 Å². The molecule has 1 atom stereocenters. The van der Waals surface area contributed by atoms with Crippen LogP contribution in [0.5, 0.6) is 5.75 Å². The van der Waals surface area contributed by atoms with Crippen molar-refractivity contribution >= 4 is 5.69 Å². The third kappa shape index (κ3) is 2.13. The Labute approximate surface area is 95.9 Å². The number of nitrogen functional groups attached to an aromatic ring is 1. The fourth-order valence-corrected chi connectivity index (χ4v) is 1.61. The summed E-state index contributed by atoms with van der Waals surface area (Å²) in [7, 11) is 0. The highest BCUT2D eigenvalue weighted by atomic mass is 16.3. The van der Waals surface area contributed by atoms with Gasteiger partial charge in [0.2, 0.25) is 0 Å². The summed E-state index contributed by atoms with van der Waals surface area (Å²) < 4.78 is 0. The number of aliphatic hydroxyl groups is 1. The van der Waals surface area contributed by atoms with Crippen molar-refractivity contribution in [1.29, 1.82) is 0 Å². The second-order valence-electron chi connectivity index (χ2n) is 4.86. The summed E-state index contributed by atoms with van der Waals surface area (Å²) in [6.45, 7) is 5.50. The number of phenolic OH excluding ortho intramolecular Hbond substituents is 1. The molecule has 6 N–H and O–H groups in total. The van der Waals surface area contributed by atoms with Gasteiger partial charge in [-0.3, -0.25) is 0 Å². The first-order valence-electron chi connectivity index (χ1n) is 5.25. The molecule has 0 amide bonds. The predicted molar refractivity (Wildman–Crippen MR) is 65.1 cm³/mol. The number of aliphatic hydroxyl groups excluding tert-OH is 1. The highest BCUT2D eigenvalue weighted by molar-refractivity contribution is 5.59. The van der Waals surface area contributed by atoms with E-state index in [0.29, 0.717) is 11.3 Å². The summed E-state index contributed by atoms with van der Waals surface area (Å²) >= 11 is 0. The van der Waals surface area contributed by atoms with E-state index in [0.717, 1.165) is 5.56 Å². The lowest BCUT2D eigenvalue weighted by molar-refractivity contribution is 0.131. The number of anilines is 1. The van der Waals surface area contributed by atoms with E-state index < -0.39 is 11.5 Å². The lowest BCUT2D eigenvalue weighted by Gasteiger charge is -2.31. The Kier molecular flexibility index (Phi) is 3.45. The van der Waals surface area contributed by atoms with E-state index in [1.54, 1.807) is 6.07 Å². The molecule has 0 saturated carbocycles. The Morgan fingerprint density at radius 1 is 1.38 bits per heavy atom. The second-order valence-corrected chi connectivity index (χ2v) is 4.86. The molecule has 0 aromatic heterocycles. The minimum atomic E-state index is -0.504. The number of rotatable bonds is 3. The molecule has 4 nitrogen and oxygen atoms in total. The Balaban J connectivity index is 3.28. The molecule has 0 aliphatic carbocycles. The van der Waals surface area contributed by atoms with Crippen LogP contribution in [0.4, 0.5) is 5.69 Å². The van der Waals surface area contributed by atoms with Crippen molar-refractivity contribution in [3.63, 3.8) is 0 Å². The van der Waals surface area contributed by atoms with Crippen molar-refractivity contribution in [2.75, 3.05) is 12.3 Å². The van der Waals surface area contributed by atoms with Crippen LogP contribution in [0.2, 0.25) is 0 Å². The summed E-state index contributed by atoms with van der Waals surface area (Å²) in [6.07, 6.45) is 0. The van der Waals surface area contributed by atoms with Gasteiger partial charge in [-0.15, -0.1) is 0 Å². The third-order valence-corrected chi connectivity index (χ3v) is 3.03. The van der Waals surface area contributed by atoms with Crippen molar-refractivity contribution in [3.05, 3.63) is 23.3 Å². The Hall–Kier alpha value is -1.26. The van der Waals surface area contributed by atoms with Crippen LogP contribution in [-0.2, 0) is 0 Å². The van der Waals surface area contributed by atoms with Gasteiger partial charge in [-0.05, 0) is 18.6 Å². The zero-order chi connectivity index (χ0) is 12.5. The van der Waals surface area contributed by atoms with Crippen molar-refractivity contribution in [3.8, 4) is 5.75 Å². The predicted octanol–water partition coefficient (Wildman–Crippen LogP) is 1.30. The Bertz CT molecular complexity index is 389. The normalized spacial score (nSPS) is 13.8. The molecular formula is C12H20N2O2. The Morgan fingerprint density at radius 3 is 2.44 bits per heavy atom. The van der Waals surface area contributed by atoms with Crippen molar-refractivity contribution in [1.82, 2.24) is 0 Å². The van der Waals surface area contributed by atoms with E-state index in [9.17, 15) is 10.2 Å². The van der Waals surface area contributed by atoms with Gasteiger partial charge in [0.15, 0.2) is 0 Å². The van der Waals surface area contributed by atoms with Crippen molar-refractivity contribution < 1.29 is 10.2 Å². The molecule has 4 heteroatoms. The first-order valence-corrected chi connectivity index (χ1v) is 5.25. The van der Waals surface area contributed by atoms with E-state index in [1.165, 1.54) is 0 Å². The fraction of sp³-hybridized carbons (Fsp3) is 0.500. The van der Waals surface area contributed by atoms with Gasteiger partial charge in [0.05, 0.1) is 5.69 Å². The first kappa shape index (κ1) is 12.8. The molecule has 16 heavy (non-hydrogen) atoms. The van der Waals surface area contributed by atoms with Crippen LogP contribution in [-0.4, -0.2) is 16.8 Å². The molecule has 0 unspecified atom stereocenters. The molecule has 0 saturated heterocycles. The number of aryl methyl sites for hydroxylation is 1. The van der Waals surface area contributed by atoms with Crippen molar-refractivity contribution in [2.45, 2.75) is 26.8 Å². The maximum absolute atomic E-state index is 9.92. The molecule has 1 rings (SSSR count). The van der Waals surface area contributed by atoms with Gasteiger partial charge in [0.25, 0.3) is 0 Å². The van der Waals surface area contributed by atoms with Gasteiger partial charge in [0.1, 0.15) is 5.75 Å². The molecule has 1 aromatic carbocycles. The van der Waals surface area contributed by atoms with Gasteiger partial charge < -0.3 is 21.7 Å². The maximum atomic E-state index is 9.92. The smallest absolute Gasteiger partial charge is 0.143 e. The average molecular weight is 224 g/mol. The van der Waals surface area contributed by atoms with E-state index in [2.05, 4.69) is 0 Å². The number of benzene rings is 1. The van der Waals surface area contributed by atoms with Gasteiger partial charge in [-0.2, -0.15) is 0 Å². The third-order valence-electron chi connectivity index (χ3n) is 3.03. The molecule has 0 bridgehead atoms. The SMILES string of the molecule is Cc1ccc(N)c(O)c1[C@H](N)C(C)(C)CO. The fourth-order valence-electron chi connectivity index (χ4n) is 1.61. The maximum Gasteiger partial charge on any atom is 0.143 e. The molecular weight excluding hydrogens is 204 g/mol. The van der Waals surface area contributed by atoms with Crippen LogP contribution in [0.3, 0.4) is 0 Å². The van der Waals surface area contributed by atoms with Crippen molar-refractivity contribution in [2.24, 2.45) is 11.1 Å². The number of phenols is 1. The summed E-state index contributed by atoms with van der Waals surface area (Å²) in [5.74, 6) is 0.0222. The molecule has 0 aliphatic rings. The number of nitrogens with two attached hydrogens (primary N) is 2. The molecule has 0 heterocycles. The summed E-state index contributed by atoms with van der Waals surface area (Å²) in [5.41, 5.74) is 13.0. The van der Waals surface area contributed by atoms with Crippen LogP contribution in [0.1, 0.15) is 31.0 Å². The monoisotopic (exact) mass is 224 g/mol. The number of hydrogen-bond acceptors (Lipinski definition) is 4. The van der Waals surface area contributed by atoms with Gasteiger partial charge in [-0.1, -0.05) is 19.9 Å². The molecule has 90 valence electrons. The highest BCUT2D eigenvalue weighted by Gasteiger charge is 2.30. The summed E-state index contributed by atoms with van der Waals surface area (Å²) in [5, 5.41) is 19.2. The van der Waals surface area contributed by atoms with Crippen LogP contribution in [0.25, 0.3) is 0 Å². The first-order chi connectivity index (χ1) is 7.31. The van der Waals surface area contributed by atoms with E-state index in [1.807, 2.05) is 26.8 Å². The van der Waals surface area contributed by atoms with E-state index in [4.69, 9.17) is 11.5 Å². The second kappa shape index (κ2) is 4.31. The Morgan fingerprint density at radius 2 is 1.94 bits per heavy atom. The van der Waals surface area contributed by atoms with E-state index >= 15 is 0 Å². The zero-order valence-electron chi connectivity index (χ0n) is 9.99. The lowest BCUT2D eigenvalue weighted by atomic mass is 9.80. The number of aromatic hydroxyl groups is 1. The largest absolute Gasteiger partial charge is 0.505 e. The number of hydrogen-bond donors (Lipinski definition) is 4. The van der Waals surface area contributed by atoms with E-state index in [-0.39, 0.29) is 12.4 Å². The van der Waals surface area contributed by atoms with Crippen LogP contribution in [0, 0.1) is 12.3 Å². The minimum absolute atomic E-state index is 0.0222. The van der Waals surface area contributed by atoms with Gasteiger partial charge in [0, 0.05) is 23.6 Å². The van der Waals surface area contributed by atoms with Gasteiger partial charge >= 0.3 is 0 Å². The zero-order valence-corrected chi connectivity index (χ0v) is 9.99. The topological polar surface area (TPSA) is 92.5 Å². The standard InChI is InChI=1S/C12H20N2O2/c1-7-4-5-8(13)10(16)9(7)11(14)12(2,3)6-15/h4-5,11,15-16H,6,13-14H2,1-3H3/t11-/m0/s1. The molecule has 0 fully saturated rings. The summed E-state index contributed by atoms with van der Waals surface area (Å²) in [6, 6.07) is 3.01. The van der Waals surface area contributed by atoms with Crippen LogP contribution in [0.15, 0.2) is 12.1 Å². The lowest BCUT2D eigenvalue weighted by Crippen LogP contribution is -2.33. The minimum Gasteiger partial charge on any atom is -0.505 e. The molecule has 0 aliphatic heterocycles. The molecule has 0 radical (unpaired) electrons. The molecule has 0 spiro atoms. The summed E-state index contributed by atoms with van der Waals surface area (Å²) in [4.78, 5) is 0. The quantitative estimate of drug-likeness (QED) is 0.460. The molecule has 1 aromatic rings. The van der Waals surface area contributed by atoms with Crippen LogP contribution >= 0.6 is 0 Å². The average Bonchev–Trinajstić information content (AvgIpc) is 2.24. The van der Waals surface area contributed by atoms with Gasteiger partial charge in [-0.25, -0.2) is 0 Å². The highest BCUT2D eigenvalue weighted by Crippen LogP contribution is 2.39.